The van der Waals surface area contributed by atoms with E-state index >= 15 is 0 Å². The summed E-state index contributed by atoms with van der Waals surface area (Å²) in [5, 5.41) is 0.916. The van der Waals surface area contributed by atoms with E-state index in [1.54, 1.807) is 18.9 Å². The van der Waals surface area contributed by atoms with Crippen molar-refractivity contribution < 1.29 is 4.52 Å². The van der Waals surface area contributed by atoms with Gasteiger partial charge < -0.3 is 9.42 Å². The molecule has 13 heavy (non-hydrogen) atoms. The molecular weight excluding hydrogens is 243 g/mol. The first kappa shape index (κ1) is 13.8. The molecule has 0 heterocycles. The second-order valence-corrected chi connectivity index (χ2v) is 9.71. The fourth-order valence-corrected chi connectivity index (χ4v) is 3.78. The Morgan fingerprint density at radius 3 is 2.23 bits per heavy atom. The number of nitrogens with zero attached hydrogens (tertiary/aromatic N) is 2. The van der Waals surface area contributed by atoms with Gasteiger partial charge in [-0.3, -0.25) is 0 Å². The van der Waals surface area contributed by atoms with Crippen molar-refractivity contribution in [2.75, 3.05) is 33.7 Å². The molecule has 0 rings (SSSR count). The average molecular weight is 258 g/mol. The van der Waals surface area contributed by atoms with E-state index in [2.05, 4.69) is 4.76 Å². The third kappa shape index (κ3) is 4.70. The quantitative estimate of drug-likeness (QED) is 0.440. The van der Waals surface area contributed by atoms with Crippen molar-refractivity contribution in [3.8, 4) is 0 Å². The van der Waals surface area contributed by atoms with Gasteiger partial charge in [0.1, 0.15) is 0 Å². The minimum atomic E-state index is -2.03. The van der Waals surface area contributed by atoms with Gasteiger partial charge in [-0.1, -0.05) is 23.1 Å². The fourth-order valence-electron chi connectivity index (χ4n) is 0.574. The van der Waals surface area contributed by atoms with E-state index < -0.39 is 5.62 Å². The second kappa shape index (κ2) is 6.30. The molecule has 0 radical (unpaired) electrons. The Kier molecular flexibility index (Phi) is 6.68. The zero-order valence-corrected chi connectivity index (χ0v) is 11.8. The van der Waals surface area contributed by atoms with Crippen LogP contribution in [0.1, 0.15) is 0 Å². The van der Waals surface area contributed by atoms with Crippen molar-refractivity contribution in [3.63, 3.8) is 0 Å². The van der Waals surface area contributed by atoms with Crippen molar-refractivity contribution >= 4 is 45.7 Å². The lowest BCUT2D eigenvalue weighted by Crippen LogP contribution is -2.17. The van der Waals surface area contributed by atoms with E-state index in [4.69, 9.17) is 16.3 Å². The van der Waals surface area contributed by atoms with Gasteiger partial charge in [-0.2, -0.15) is 4.76 Å². The predicted molar refractivity (Wildman–Crippen MR) is 69.4 cm³/mol. The van der Waals surface area contributed by atoms with Crippen LogP contribution in [0.4, 0.5) is 0 Å². The molecule has 0 saturated carbocycles. The maximum atomic E-state index is 5.29. The van der Waals surface area contributed by atoms with Crippen molar-refractivity contribution in [3.05, 3.63) is 0 Å². The lowest BCUT2D eigenvalue weighted by Gasteiger charge is -2.18. The third-order valence-corrected chi connectivity index (χ3v) is 7.66. The van der Waals surface area contributed by atoms with Gasteiger partial charge in [0.05, 0.1) is 0 Å². The molecule has 0 aromatic rings. The summed E-state index contributed by atoms with van der Waals surface area (Å²) in [5.74, 6) is 0. The number of hydrogen-bond donors (Lipinski definition) is 0. The van der Waals surface area contributed by atoms with Crippen LogP contribution < -0.4 is 0 Å². The standard InChI is InChI=1S/C6H15N2OPS3/c1-8(2)6(12-4)7-10(11,9-3)13-5/h1-5H3/b7-6-. The van der Waals surface area contributed by atoms with Gasteiger partial charge in [0, 0.05) is 21.2 Å². The van der Waals surface area contributed by atoms with Crippen LogP contribution in [0.5, 0.6) is 0 Å². The molecule has 1 atom stereocenters. The van der Waals surface area contributed by atoms with Crippen LogP contribution in [0, 0.1) is 0 Å². The number of amidine groups is 1. The molecule has 0 bridgehead atoms. The van der Waals surface area contributed by atoms with Gasteiger partial charge in [0.25, 0.3) is 0 Å². The van der Waals surface area contributed by atoms with Crippen molar-refractivity contribution in [1.82, 2.24) is 4.90 Å². The smallest absolute Gasteiger partial charge is 0.233 e. The molecule has 0 N–H and O–H groups in total. The van der Waals surface area contributed by atoms with E-state index in [1.165, 1.54) is 11.4 Å². The van der Waals surface area contributed by atoms with Crippen LogP contribution in [0.15, 0.2) is 4.76 Å². The summed E-state index contributed by atoms with van der Waals surface area (Å²) in [7, 11) is 5.52. The highest BCUT2D eigenvalue weighted by molar-refractivity contribution is 8.68. The largest absolute Gasteiger partial charge is 0.357 e. The van der Waals surface area contributed by atoms with Crippen LogP contribution in [-0.2, 0) is 16.3 Å². The summed E-state index contributed by atoms with van der Waals surface area (Å²) >= 11 is 8.38. The summed E-state index contributed by atoms with van der Waals surface area (Å²) in [6, 6.07) is 0. The molecular formula is C6H15N2OPS3. The number of thioether (sulfide) groups is 1. The number of hydrogen-bond acceptors (Lipinski definition) is 4. The van der Waals surface area contributed by atoms with Crippen molar-refractivity contribution in [1.29, 1.82) is 0 Å². The summed E-state index contributed by atoms with van der Waals surface area (Å²) in [6.07, 6.45) is 3.91. The van der Waals surface area contributed by atoms with Gasteiger partial charge in [-0.15, -0.1) is 0 Å². The molecule has 7 heteroatoms. The molecule has 0 aromatic heterocycles. The molecule has 0 saturated heterocycles. The molecule has 1 unspecified atom stereocenters. The molecule has 78 valence electrons. The van der Waals surface area contributed by atoms with Crippen molar-refractivity contribution in [2.45, 2.75) is 0 Å². The van der Waals surface area contributed by atoms with Crippen LogP contribution in [0.2, 0.25) is 0 Å². The van der Waals surface area contributed by atoms with Crippen LogP contribution in [0.25, 0.3) is 0 Å². The Balaban J connectivity index is 4.75. The van der Waals surface area contributed by atoms with E-state index in [-0.39, 0.29) is 0 Å². The monoisotopic (exact) mass is 258 g/mol. The zero-order valence-electron chi connectivity index (χ0n) is 8.47. The minimum Gasteiger partial charge on any atom is -0.357 e. The summed E-state index contributed by atoms with van der Waals surface area (Å²) in [6.45, 7) is 0. The van der Waals surface area contributed by atoms with Gasteiger partial charge >= 0.3 is 0 Å². The van der Waals surface area contributed by atoms with Crippen molar-refractivity contribution in [2.24, 2.45) is 4.76 Å². The van der Waals surface area contributed by atoms with Gasteiger partial charge in [0.15, 0.2) is 5.17 Å². The Morgan fingerprint density at radius 2 is 2.00 bits per heavy atom. The predicted octanol–water partition coefficient (Wildman–Crippen LogP) is 2.50. The molecule has 0 amide bonds. The van der Waals surface area contributed by atoms with Gasteiger partial charge in [-0.25, -0.2) is 0 Å². The highest BCUT2D eigenvalue weighted by Crippen LogP contribution is 2.59. The Labute approximate surface area is 93.6 Å². The Hall–Kier alpha value is 0.780. The van der Waals surface area contributed by atoms with Gasteiger partial charge in [-0.05, 0) is 24.3 Å². The summed E-state index contributed by atoms with van der Waals surface area (Å²) in [5.41, 5.74) is -2.03. The lowest BCUT2D eigenvalue weighted by molar-refractivity contribution is 0.470. The van der Waals surface area contributed by atoms with Gasteiger partial charge in [0.2, 0.25) is 5.62 Å². The normalized spacial score (nSPS) is 16.8. The summed E-state index contributed by atoms with van der Waals surface area (Å²) < 4.78 is 9.67. The first-order valence-electron chi connectivity index (χ1n) is 3.52. The van der Waals surface area contributed by atoms with Crippen LogP contribution >= 0.6 is 28.8 Å². The minimum absolute atomic E-state index is 0.916. The molecule has 0 aliphatic heterocycles. The third-order valence-electron chi connectivity index (χ3n) is 1.23. The molecule has 0 aliphatic carbocycles. The van der Waals surface area contributed by atoms with E-state index in [9.17, 15) is 0 Å². The van der Waals surface area contributed by atoms with Crippen LogP contribution in [0.3, 0.4) is 0 Å². The fraction of sp³-hybridized carbons (Fsp3) is 0.833. The van der Waals surface area contributed by atoms with E-state index in [0.29, 0.717) is 0 Å². The molecule has 0 aliphatic rings. The molecule has 0 aromatic carbocycles. The van der Waals surface area contributed by atoms with E-state index in [1.807, 2.05) is 31.5 Å². The number of rotatable bonds is 3. The lowest BCUT2D eigenvalue weighted by atomic mass is 10.9. The van der Waals surface area contributed by atoms with E-state index in [0.717, 1.165) is 5.17 Å². The maximum Gasteiger partial charge on any atom is 0.233 e. The molecule has 0 fully saturated rings. The topological polar surface area (TPSA) is 24.8 Å². The Bertz CT molecular complexity index is 224. The van der Waals surface area contributed by atoms with Crippen LogP contribution in [-0.4, -0.2) is 43.8 Å². The highest BCUT2D eigenvalue weighted by atomic mass is 32.9. The molecule has 0 spiro atoms. The maximum absolute atomic E-state index is 5.29. The summed E-state index contributed by atoms with van der Waals surface area (Å²) in [4.78, 5) is 1.95. The SMILES string of the molecule is COP(=S)(/N=C(\SC)N(C)C)SC. The highest BCUT2D eigenvalue weighted by Gasteiger charge is 2.14. The second-order valence-electron chi connectivity index (χ2n) is 2.31. The molecule has 3 nitrogen and oxygen atoms in total. The first-order valence-corrected chi connectivity index (χ1v) is 9.25. The Morgan fingerprint density at radius 1 is 1.46 bits per heavy atom. The average Bonchev–Trinajstić information content (AvgIpc) is 2.13. The zero-order chi connectivity index (χ0) is 10.5. The first-order chi connectivity index (χ1) is 5.99.